The number of nitrogens with zero attached hydrogens (tertiary/aromatic N) is 4. The van der Waals surface area contributed by atoms with E-state index in [-0.39, 0.29) is 29.8 Å². The SMILES string of the molecule is O=C(COc1ccc2ccccc2c1)N1N=C2/C(=C/c3ccc([N+](=O)[O-])cc3)CCC[C@H]2[C@@H]1c1ccc([N+](=O)[O-])cc1. The summed E-state index contributed by atoms with van der Waals surface area (Å²) in [5.74, 6) is 0.120. The number of ether oxygens (including phenoxy) is 1. The number of allylic oxidation sites excluding steroid dienone is 1. The third-order valence-electron chi connectivity index (χ3n) is 7.73. The second-order valence-corrected chi connectivity index (χ2v) is 10.3. The standard InChI is InChI=1S/C32H26N4O6/c37-30(20-42-28-17-12-22-4-1-2-5-24(22)19-28)34-32(23-10-15-27(16-11-23)36(40)41)29-7-3-6-25(31(29)33-34)18-21-8-13-26(14-9-21)35(38)39/h1-2,4-5,8-19,29,32H,3,6-7,20H2/b25-18+/t29-,32+/m1/s1. The van der Waals surface area contributed by atoms with Gasteiger partial charge in [-0.15, -0.1) is 0 Å². The fourth-order valence-electron chi connectivity index (χ4n) is 5.70. The van der Waals surface area contributed by atoms with Gasteiger partial charge in [-0.05, 0) is 77.1 Å². The van der Waals surface area contributed by atoms with Crippen LogP contribution in [0.15, 0.2) is 102 Å². The molecular formula is C32H26N4O6. The summed E-state index contributed by atoms with van der Waals surface area (Å²) in [6, 6.07) is 25.6. The van der Waals surface area contributed by atoms with Crippen molar-refractivity contribution in [1.29, 1.82) is 0 Å². The Morgan fingerprint density at radius 2 is 1.57 bits per heavy atom. The smallest absolute Gasteiger partial charge is 0.281 e. The minimum absolute atomic E-state index is 0.0123. The predicted molar refractivity (Wildman–Crippen MR) is 158 cm³/mol. The molecule has 10 heteroatoms. The Bertz CT molecular complexity index is 1750. The van der Waals surface area contributed by atoms with Gasteiger partial charge in [0.2, 0.25) is 0 Å². The van der Waals surface area contributed by atoms with Crippen LogP contribution in [0.1, 0.15) is 36.4 Å². The van der Waals surface area contributed by atoms with Gasteiger partial charge in [0.15, 0.2) is 6.61 Å². The number of nitro groups is 2. The highest BCUT2D eigenvalue weighted by Gasteiger charge is 2.44. The van der Waals surface area contributed by atoms with Crippen molar-refractivity contribution in [2.75, 3.05) is 6.61 Å². The monoisotopic (exact) mass is 562 g/mol. The summed E-state index contributed by atoms with van der Waals surface area (Å²) in [6.07, 6.45) is 4.35. The van der Waals surface area contributed by atoms with Crippen LogP contribution in [-0.2, 0) is 4.79 Å². The van der Waals surface area contributed by atoms with Crippen molar-refractivity contribution >= 4 is 39.8 Å². The number of rotatable bonds is 7. The molecule has 1 heterocycles. The summed E-state index contributed by atoms with van der Waals surface area (Å²) in [5, 5.41) is 30.7. The van der Waals surface area contributed by atoms with E-state index in [0.717, 1.165) is 52.4 Å². The minimum atomic E-state index is -0.452. The van der Waals surface area contributed by atoms with Crippen molar-refractivity contribution in [3.63, 3.8) is 0 Å². The van der Waals surface area contributed by atoms with Crippen molar-refractivity contribution in [3.05, 3.63) is 128 Å². The van der Waals surface area contributed by atoms with Crippen molar-refractivity contribution in [2.45, 2.75) is 25.3 Å². The van der Waals surface area contributed by atoms with Gasteiger partial charge in [0, 0.05) is 30.2 Å². The first-order chi connectivity index (χ1) is 20.4. The highest BCUT2D eigenvalue weighted by molar-refractivity contribution is 6.08. The van der Waals surface area contributed by atoms with Crippen LogP contribution < -0.4 is 4.74 Å². The number of hydrazone groups is 1. The van der Waals surface area contributed by atoms with Gasteiger partial charge < -0.3 is 4.74 Å². The van der Waals surface area contributed by atoms with Crippen LogP contribution in [0.3, 0.4) is 0 Å². The summed E-state index contributed by atoms with van der Waals surface area (Å²) in [4.78, 5) is 35.1. The Balaban J connectivity index is 1.31. The molecular weight excluding hydrogens is 536 g/mol. The molecule has 6 rings (SSSR count). The van der Waals surface area contributed by atoms with Crippen molar-refractivity contribution < 1.29 is 19.4 Å². The molecule has 2 aliphatic rings. The maximum absolute atomic E-state index is 13.7. The fourth-order valence-corrected chi connectivity index (χ4v) is 5.70. The molecule has 0 spiro atoms. The second-order valence-electron chi connectivity index (χ2n) is 10.3. The van der Waals surface area contributed by atoms with Crippen LogP contribution in [-0.4, -0.2) is 33.1 Å². The zero-order valence-corrected chi connectivity index (χ0v) is 22.5. The van der Waals surface area contributed by atoms with E-state index < -0.39 is 15.9 Å². The lowest BCUT2D eigenvalue weighted by Gasteiger charge is -2.29. The average molecular weight is 563 g/mol. The fraction of sp³-hybridized carbons (Fsp3) is 0.188. The van der Waals surface area contributed by atoms with Crippen LogP contribution in [0.4, 0.5) is 11.4 Å². The number of hydrogen-bond acceptors (Lipinski definition) is 7. The van der Waals surface area contributed by atoms with E-state index in [4.69, 9.17) is 9.84 Å². The first-order valence-electron chi connectivity index (χ1n) is 13.6. The molecule has 1 aliphatic heterocycles. The molecule has 4 aromatic rings. The average Bonchev–Trinajstić information content (AvgIpc) is 3.41. The highest BCUT2D eigenvalue weighted by atomic mass is 16.6. The molecule has 1 fully saturated rings. The van der Waals surface area contributed by atoms with Crippen molar-refractivity contribution in [2.24, 2.45) is 11.0 Å². The van der Waals surface area contributed by atoms with Gasteiger partial charge in [0.25, 0.3) is 17.3 Å². The molecule has 0 aromatic heterocycles. The quantitative estimate of drug-likeness (QED) is 0.179. The first-order valence-corrected chi connectivity index (χ1v) is 13.6. The van der Waals surface area contributed by atoms with Gasteiger partial charge in [0.1, 0.15) is 5.75 Å². The molecule has 0 bridgehead atoms. The Morgan fingerprint density at radius 1 is 0.905 bits per heavy atom. The van der Waals surface area contributed by atoms with Gasteiger partial charge in [-0.2, -0.15) is 5.10 Å². The molecule has 10 nitrogen and oxygen atoms in total. The molecule has 0 unspecified atom stereocenters. The Labute approximate surface area is 240 Å². The van der Waals surface area contributed by atoms with Crippen LogP contribution in [0.2, 0.25) is 0 Å². The molecule has 2 atom stereocenters. The van der Waals surface area contributed by atoms with E-state index in [1.54, 1.807) is 24.3 Å². The number of amides is 1. The molecule has 4 aromatic carbocycles. The van der Waals surface area contributed by atoms with E-state index in [1.165, 1.54) is 29.3 Å². The molecule has 1 aliphatic carbocycles. The third-order valence-corrected chi connectivity index (χ3v) is 7.73. The molecule has 1 saturated carbocycles. The largest absolute Gasteiger partial charge is 0.484 e. The zero-order chi connectivity index (χ0) is 29.2. The van der Waals surface area contributed by atoms with E-state index in [0.29, 0.717) is 5.75 Å². The number of hydrogen-bond donors (Lipinski definition) is 0. The van der Waals surface area contributed by atoms with E-state index >= 15 is 0 Å². The lowest BCUT2D eigenvalue weighted by atomic mass is 9.77. The Morgan fingerprint density at radius 3 is 2.26 bits per heavy atom. The van der Waals surface area contributed by atoms with E-state index in [9.17, 15) is 25.0 Å². The molecule has 42 heavy (non-hydrogen) atoms. The Kier molecular flexibility index (Phi) is 7.18. The third kappa shape index (κ3) is 5.34. The molecule has 1 amide bonds. The molecule has 0 N–H and O–H groups in total. The molecule has 0 radical (unpaired) electrons. The summed E-state index contributed by atoms with van der Waals surface area (Å²) in [5.41, 5.74) is 3.27. The first kappa shape index (κ1) is 26.8. The summed E-state index contributed by atoms with van der Waals surface area (Å²) >= 11 is 0. The lowest BCUT2D eigenvalue weighted by Crippen LogP contribution is -2.34. The summed E-state index contributed by atoms with van der Waals surface area (Å²) < 4.78 is 5.91. The highest BCUT2D eigenvalue weighted by Crippen LogP contribution is 2.44. The number of carbonyl (C=O) groups is 1. The number of non-ortho nitro benzene ring substituents is 2. The Hall–Kier alpha value is -5.38. The van der Waals surface area contributed by atoms with Crippen LogP contribution in [0, 0.1) is 26.1 Å². The summed E-state index contributed by atoms with van der Waals surface area (Å²) in [6.45, 7) is -0.229. The molecule has 0 saturated heterocycles. The van der Waals surface area contributed by atoms with Crippen LogP contribution in [0.25, 0.3) is 16.8 Å². The number of fused-ring (bicyclic) bond motifs is 2. The normalized spacial score (nSPS) is 18.9. The lowest BCUT2D eigenvalue weighted by molar-refractivity contribution is -0.385. The van der Waals surface area contributed by atoms with Crippen LogP contribution >= 0.6 is 0 Å². The van der Waals surface area contributed by atoms with Gasteiger partial charge in [0.05, 0.1) is 21.6 Å². The maximum atomic E-state index is 13.7. The van der Waals surface area contributed by atoms with E-state index in [1.807, 2.05) is 48.5 Å². The van der Waals surface area contributed by atoms with Crippen molar-refractivity contribution in [3.8, 4) is 5.75 Å². The molecule has 210 valence electrons. The number of nitro benzene ring substituents is 2. The van der Waals surface area contributed by atoms with Gasteiger partial charge in [-0.1, -0.05) is 42.5 Å². The van der Waals surface area contributed by atoms with Crippen molar-refractivity contribution in [1.82, 2.24) is 5.01 Å². The summed E-state index contributed by atoms with van der Waals surface area (Å²) in [7, 11) is 0. The van der Waals surface area contributed by atoms with Gasteiger partial charge in [-0.25, -0.2) is 5.01 Å². The van der Waals surface area contributed by atoms with Gasteiger partial charge in [-0.3, -0.25) is 25.0 Å². The minimum Gasteiger partial charge on any atom is -0.484 e. The predicted octanol–water partition coefficient (Wildman–Crippen LogP) is 6.86. The second kappa shape index (κ2) is 11.2. The maximum Gasteiger partial charge on any atom is 0.281 e. The number of benzene rings is 4. The topological polar surface area (TPSA) is 128 Å². The van der Waals surface area contributed by atoms with Crippen LogP contribution in [0.5, 0.6) is 5.75 Å². The number of carbonyl (C=O) groups excluding carboxylic acids is 1. The zero-order valence-electron chi connectivity index (χ0n) is 22.5. The van der Waals surface area contributed by atoms with Gasteiger partial charge >= 0.3 is 0 Å². The van der Waals surface area contributed by atoms with E-state index in [2.05, 4.69) is 0 Å².